The lowest BCUT2D eigenvalue weighted by Gasteiger charge is -2.28. The Kier molecular flexibility index (Phi) is 18.6. The molecule has 0 aromatic rings. The van der Waals surface area contributed by atoms with Crippen LogP contribution in [-0.2, 0) is 52.9 Å². The second-order valence-electron chi connectivity index (χ2n) is 11.0. The molecule has 0 aromatic heterocycles. The van der Waals surface area contributed by atoms with Gasteiger partial charge in [0.25, 0.3) is 0 Å². The van der Waals surface area contributed by atoms with E-state index in [4.69, 9.17) is 23.7 Å². The molecule has 0 aliphatic carbocycles. The predicted octanol–water partition coefficient (Wildman–Crippen LogP) is 4.42. The van der Waals surface area contributed by atoms with E-state index < -0.39 is 70.4 Å². The third kappa shape index (κ3) is 14.4. The maximum Gasteiger partial charge on any atom is 0.303 e. The van der Waals surface area contributed by atoms with Crippen molar-refractivity contribution >= 4 is 33.9 Å². The van der Waals surface area contributed by atoms with Crippen LogP contribution in [0.15, 0.2) is 0 Å². The number of sulfonamides is 1. The maximum atomic E-state index is 14.2. The molecule has 0 aromatic carbocycles. The minimum absolute atomic E-state index is 0.250. The summed E-state index contributed by atoms with van der Waals surface area (Å²) in [7, 11) is -4.29. The van der Waals surface area contributed by atoms with E-state index in [2.05, 4.69) is 13.8 Å². The van der Waals surface area contributed by atoms with E-state index >= 15 is 0 Å². The smallest absolute Gasteiger partial charge is 0.303 e. The monoisotopic (exact) mass is 635 g/mol. The van der Waals surface area contributed by atoms with Crippen LogP contribution >= 0.6 is 0 Å². The van der Waals surface area contributed by atoms with Gasteiger partial charge in [-0.05, 0) is 12.8 Å². The number of carbonyl (C=O) groups is 4. The Labute approximate surface area is 257 Å². The minimum atomic E-state index is -4.29. The van der Waals surface area contributed by atoms with Gasteiger partial charge in [-0.2, -0.15) is 4.31 Å². The summed E-state index contributed by atoms with van der Waals surface area (Å²) < 4.78 is 57.0. The minimum Gasteiger partial charge on any atom is -0.462 e. The summed E-state index contributed by atoms with van der Waals surface area (Å²) in [5.74, 6) is -3.04. The van der Waals surface area contributed by atoms with Crippen molar-refractivity contribution in [3.8, 4) is 0 Å². The van der Waals surface area contributed by atoms with Crippen molar-refractivity contribution in [2.24, 2.45) is 0 Å². The molecule has 1 fully saturated rings. The largest absolute Gasteiger partial charge is 0.462 e. The number of carbonyl (C=O) groups excluding carboxylic acids is 4. The van der Waals surface area contributed by atoms with Crippen molar-refractivity contribution in [1.82, 2.24) is 4.31 Å². The molecule has 13 heteroatoms. The molecule has 0 unspecified atom stereocenters. The summed E-state index contributed by atoms with van der Waals surface area (Å²) in [6.07, 6.45) is 5.84. The highest BCUT2D eigenvalue weighted by atomic mass is 32.2. The van der Waals surface area contributed by atoms with Crippen molar-refractivity contribution in [1.29, 1.82) is 0 Å². The van der Waals surface area contributed by atoms with Crippen molar-refractivity contribution in [2.75, 3.05) is 19.7 Å². The highest BCUT2D eigenvalue weighted by Gasteiger charge is 2.58. The SMILES string of the molecule is CCCCCCCCN(CCCCCCCC)S(=O)(=O)[C@@H]1O[C@@H]([C@@H](COC(C)=O)OC(C)=O)[C@H](OC(C)=O)[C@H]1OC(C)=O. The molecule has 0 saturated carbocycles. The summed E-state index contributed by atoms with van der Waals surface area (Å²) in [5, 5.41) is 0. The molecule has 43 heavy (non-hydrogen) atoms. The van der Waals surface area contributed by atoms with Crippen molar-refractivity contribution < 1.29 is 51.3 Å². The summed E-state index contributed by atoms with van der Waals surface area (Å²) in [6.45, 7) is 8.76. The molecule has 1 rings (SSSR count). The lowest BCUT2D eigenvalue weighted by molar-refractivity contribution is -0.176. The number of esters is 4. The zero-order valence-electron chi connectivity index (χ0n) is 26.8. The second-order valence-corrected chi connectivity index (χ2v) is 13.1. The van der Waals surface area contributed by atoms with E-state index in [-0.39, 0.29) is 13.1 Å². The molecular formula is C30H53NO11S. The molecule has 5 atom stereocenters. The van der Waals surface area contributed by atoms with Crippen LogP contribution in [0.1, 0.15) is 119 Å². The molecule has 0 N–H and O–H groups in total. The number of nitrogens with zero attached hydrogens (tertiary/aromatic N) is 1. The lowest BCUT2D eigenvalue weighted by atomic mass is 10.1. The zero-order chi connectivity index (χ0) is 32.4. The fraction of sp³-hybridized carbons (Fsp3) is 0.867. The van der Waals surface area contributed by atoms with Crippen LogP contribution in [0.25, 0.3) is 0 Å². The average molecular weight is 636 g/mol. The van der Waals surface area contributed by atoms with Gasteiger partial charge in [-0.25, -0.2) is 8.42 Å². The van der Waals surface area contributed by atoms with Gasteiger partial charge in [0.05, 0.1) is 0 Å². The van der Waals surface area contributed by atoms with E-state index in [9.17, 15) is 27.6 Å². The van der Waals surface area contributed by atoms with Gasteiger partial charge in [-0.3, -0.25) is 19.2 Å². The molecule has 1 saturated heterocycles. The number of unbranched alkanes of at least 4 members (excludes halogenated alkanes) is 10. The van der Waals surface area contributed by atoms with E-state index in [0.717, 1.165) is 91.9 Å². The Morgan fingerprint density at radius 2 is 1.14 bits per heavy atom. The molecule has 1 heterocycles. The Hall–Kier alpha value is -2.25. The third-order valence-electron chi connectivity index (χ3n) is 7.12. The standard InChI is InChI=1S/C30H53NO11S/c1-7-9-11-13-15-17-19-31(20-18-16-14-12-10-8-2)43(36,37)30-29(41-25(6)35)28(40-24(5)34)27(42-30)26(39-23(4)33)21-38-22(3)32/h26-30H,7-21H2,1-6H3/t26-,27+,28+,29-,30+/m1/s1. The van der Waals surface area contributed by atoms with Crippen LogP contribution < -0.4 is 0 Å². The van der Waals surface area contributed by atoms with Gasteiger partial charge < -0.3 is 23.7 Å². The van der Waals surface area contributed by atoms with Crippen molar-refractivity contribution in [2.45, 2.75) is 148 Å². The molecule has 0 bridgehead atoms. The first-order valence-electron chi connectivity index (χ1n) is 15.6. The topological polar surface area (TPSA) is 152 Å². The molecule has 0 amide bonds. The van der Waals surface area contributed by atoms with Crippen LogP contribution in [0, 0.1) is 0 Å². The third-order valence-corrected chi connectivity index (χ3v) is 9.17. The summed E-state index contributed by atoms with van der Waals surface area (Å²) in [4.78, 5) is 47.7. The fourth-order valence-corrected chi connectivity index (χ4v) is 6.97. The van der Waals surface area contributed by atoms with E-state index in [0.29, 0.717) is 12.8 Å². The quantitative estimate of drug-likeness (QED) is 0.0944. The van der Waals surface area contributed by atoms with Crippen molar-refractivity contribution in [3.05, 3.63) is 0 Å². The summed E-state index contributed by atoms with van der Waals surface area (Å²) in [5.41, 5.74) is -1.75. The van der Waals surface area contributed by atoms with Gasteiger partial charge in [0.15, 0.2) is 18.3 Å². The number of hydrogen-bond donors (Lipinski definition) is 0. The first kappa shape index (κ1) is 38.8. The van der Waals surface area contributed by atoms with Gasteiger partial charge >= 0.3 is 23.9 Å². The van der Waals surface area contributed by atoms with E-state index in [1.807, 2.05) is 0 Å². The maximum absolute atomic E-state index is 14.2. The molecule has 1 aliphatic heterocycles. The first-order chi connectivity index (χ1) is 20.3. The molecule has 250 valence electrons. The summed E-state index contributed by atoms with van der Waals surface area (Å²) in [6, 6.07) is 0. The van der Waals surface area contributed by atoms with Crippen LogP contribution in [0.2, 0.25) is 0 Å². The number of hydrogen-bond acceptors (Lipinski definition) is 11. The molecule has 0 radical (unpaired) electrons. The Bertz CT molecular complexity index is 955. The van der Waals surface area contributed by atoms with E-state index in [1.165, 1.54) is 4.31 Å². The first-order valence-corrected chi connectivity index (χ1v) is 17.1. The zero-order valence-corrected chi connectivity index (χ0v) is 27.7. The van der Waals surface area contributed by atoms with Gasteiger partial charge in [0.1, 0.15) is 12.7 Å². The predicted molar refractivity (Wildman–Crippen MR) is 159 cm³/mol. The summed E-state index contributed by atoms with van der Waals surface area (Å²) >= 11 is 0. The highest BCUT2D eigenvalue weighted by Crippen LogP contribution is 2.35. The van der Waals surface area contributed by atoms with E-state index in [1.54, 1.807) is 0 Å². The second kappa shape index (κ2) is 20.7. The number of rotatable bonds is 22. The van der Waals surface area contributed by atoms with Gasteiger partial charge in [0.2, 0.25) is 15.5 Å². The van der Waals surface area contributed by atoms with Gasteiger partial charge in [0, 0.05) is 40.8 Å². The van der Waals surface area contributed by atoms with Crippen molar-refractivity contribution in [3.63, 3.8) is 0 Å². The average Bonchev–Trinajstić information content (AvgIpc) is 3.25. The van der Waals surface area contributed by atoms with Crippen LogP contribution in [0.4, 0.5) is 0 Å². The van der Waals surface area contributed by atoms with Gasteiger partial charge in [-0.1, -0.05) is 78.1 Å². The Morgan fingerprint density at radius 3 is 1.58 bits per heavy atom. The molecular weight excluding hydrogens is 582 g/mol. The Morgan fingerprint density at radius 1 is 0.674 bits per heavy atom. The molecule has 12 nitrogen and oxygen atoms in total. The fourth-order valence-electron chi connectivity index (χ4n) is 5.09. The molecule has 1 aliphatic rings. The molecule has 0 spiro atoms. The normalized spacial score (nSPS) is 20.9. The van der Waals surface area contributed by atoms with Crippen LogP contribution in [-0.4, -0.2) is 86.1 Å². The van der Waals surface area contributed by atoms with Crippen LogP contribution in [0.5, 0.6) is 0 Å². The Balaban J connectivity index is 3.38. The van der Waals surface area contributed by atoms with Gasteiger partial charge in [-0.15, -0.1) is 0 Å². The number of ether oxygens (including phenoxy) is 5. The lowest BCUT2D eigenvalue weighted by Crippen LogP contribution is -2.48. The highest BCUT2D eigenvalue weighted by molar-refractivity contribution is 7.89. The van der Waals surface area contributed by atoms with Crippen LogP contribution in [0.3, 0.4) is 0 Å².